The molecule has 1 aliphatic heterocycles. The molecule has 2 N–H and O–H groups in total. The van der Waals surface area contributed by atoms with Gasteiger partial charge in [0.05, 0.1) is 45.4 Å². The van der Waals surface area contributed by atoms with E-state index >= 15 is 0 Å². The van der Waals surface area contributed by atoms with Crippen LogP contribution < -0.4 is 20.2 Å². The van der Waals surface area contributed by atoms with Crippen molar-refractivity contribution in [1.29, 1.82) is 0 Å². The molecule has 172 valence electrons. The predicted octanol–water partition coefficient (Wildman–Crippen LogP) is 3.22. The van der Waals surface area contributed by atoms with E-state index in [1.165, 1.54) is 0 Å². The highest BCUT2D eigenvalue weighted by molar-refractivity contribution is 7.80. The summed E-state index contributed by atoms with van der Waals surface area (Å²) in [6.07, 6.45) is 0. The molecule has 0 saturated carbocycles. The van der Waals surface area contributed by atoms with E-state index in [-0.39, 0.29) is 0 Å². The van der Waals surface area contributed by atoms with Crippen LogP contribution in [-0.4, -0.2) is 63.7 Å². The Labute approximate surface area is 193 Å². The van der Waals surface area contributed by atoms with Crippen molar-refractivity contribution < 1.29 is 23.7 Å². The minimum Gasteiger partial charge on any atom is -0.487 e. The zero-order valence-corrected chi connectivity index (χ0v) is 19.0. The largest absolute Gasteiger partial charge is 0.487 e. The average Bonchev–Trinajstić information content (AvgIpc) is 2.82. The van der Waals surface area contributed by atoms with E-state index < -0.39 is 0 Å². The third-order valence-electron chi connectivity index (χ3n) is 4.43. The highest BCUT2D eigenvalue weighted by Crippen LogP contribution is 2.29. The summed E-state index contributed by atoms with van der Waals surface area (Å²) in [5.41, 5.74) is 5.40. The van der Waals surface area contributed by atoms with Gasteiger partial charge in [0, 0.05) is 11.3 Å². The number of fused-ring (bicyclic) bond motifs is 1. The minimum absolute atomic E-state index is 0.399. The minimum atomic E-state index is 0.399. The van der Waals surface area contributed by atoms with Crippen LogP contribution in [0, 0.1) is 0 Å². The topological polar surface area (TPSA) is 82.6 Å². The van der Waals surface area contributed by atoms with E-state index in [0.717, 1.165) is 17.0 Å². The first kappa shape index (κ1) is 23.9. The Hall–Kier alpha value is -2.72. The second-order valence-corrected chi connectivity index (χ2v) is 7.23. The Morgan fingerprint density at radius 3 is 2.03 bits per heavy atom. The molecule has 0 spiro atoms. The van der Waals surface area contributed by atoms with Crippen LogP contribution in [-0.2, 0) is 14.2 Å². The average molecular weight is 460 g/mol. The highest BCUT2D eigenvalue weighted by Gasteiger charge is 2.10. The van der Waals surface area contributed by atoms with E-state index in [1.807, 2.05) is 55.5 Å². The van der Waals surface area contributed by atoms with Crippen LogP contribution in [0.5, 0.6) is 11.5 Å². The van der Waals surface area contributed by atoms with Crippen LogP contribution in [0.15, 0.2) is 53.6 Å². The van der Waals surface area contributed by atoms with Crippen molar-refractivity contribution in [3.8, 4) is 11.5 Å². The van der Waals surface area contributed by atoms with Crippen LogP contribution in [0.25, 0.3) is 0 Å². The second kappa shape index (κ2) is 13.6. The van der Waals surface area contributed by atoms with Gasteiger partial charge in [-0.2, -0.15) is 5.10 Å². The normalized spacial score (nSPS) is 16.3. The van der Waals surface area contributed by atoms with E-state index in [0.29, 0.717) is 69.5 Å². The monoisotopic (exact) mass is 459 g/mol. The van der Waals surface area contributed by atoms with Crippen molar-refractivity contribution in [2.24, 2.45) is 5.10 Å². The molecule has 0 unspecified atom stereocenters. The number of hydrogen-bond donors (Lipinski definition) is 2. The molecule has 0 atom stereocenters. The summed E-state index contributed by atoms with van der Waals surface area (Å²) >= 11 is 5.31. The fraction of sp³-hybridized carbons (Fsp3) is 0.391. The van der Waals surface area contributed by atoms with Gasteiger partial charge in [-0.1, -0.05) is 18.2 Å². The van der Waals surface area contributed by atoms with Crippen molar-refractivity contribution in [3.05, 3.63) is 54.1 Å². The molecule has 2 aromatic carbocycles. The van der Waals surface area contributed by atoms with Crippen molar-refractivity contribution in [2.45, 2.75) is 6.92 Å². The lowest BCUT2D eigenvalue weighted by atomic mass is 10.1. The molecule has 8 nitrogen and oxygen atoms in total. The highest BCUT2D eigenvalue weighted by atomic mass is 32.1. The summed E-state index contributed by atoms with van der Waals surface area (Å²) in [7, 11) is 0. The lowest BCUT2D eigenvalue weighted by Crippen LogP contribution is -2.24. The smallest absolute Gasteiger partial charge is 0.191 e. The number of hydrogen-bond acceptors (Lipinski definition) is 7. The van der Waals surface area contributed by atoms with Crippen LogP contribution >= 0.6 is 12.2 Å². The van der Waals surface area contributed by atoms with E-state index in [1.54, 1.807) is 0 Å². The quantitative estimate of drug-likeness (QED) is 0.411. The van der Waals surface area contributed by atoms with Gasteiger partial charge in [0.15, 0.2) is 16.6 Å². The summed E-state index contributed by atoms with van der Waals surface area (Å²) in [6, 6.07) is 15.4. The number of anilines is 1. The Morgan fingerprint density at radius 2 is 1.38 bits per heavy atom. The van der Waals surface area contributed by atoms with Crippen LogP contribution in [0.1, 0.15) is 12.5 Å². The van der Waals surface area contributed by atoms with E-state index in [2.05, 4.69) is 15.8 Å². The van der Waals surface area contributed by atoms with E-state index in [9.17, 15) is 0 Å². The molecule has 0 aliphatic carbocycles. The maximum absolute atomic E-state index is 5.91. The second-order valence-electron chi connectivity index (χ2n) is 6.82. The van der Waals surface area contributed by atoms with Gasteiger partial charge in [0.25, 0.3) is 0 Å². The summed E-state index contributed by atoms with van der Waals surface area (Å²) < 4.78 is 28.2. The Balaban J connectivity index is 1.63. The van der Waals surface area contributed by atoms with Crippen LogP contribution in [0.3, 0.4) is 0 Å². The first-order chi connectivity index (χ1) is 15.7. The zero-order chi connectivity index (χ0) is 22.4. The predicted molar refractivity (Wildman–Crippen MR) is 128 cm³/mol. The summed E-state index contributed by atoms with van der Waals surface area (Å²) in [4.78, 5) is 0. The molecule has 2 aromatic rings. The third-order valence-corrected chi connectivity index (χ3v) is 4.63. The number of nitrogens with zero attached hydrogens (tertiary/aromatic N) is 1. The number of benzene rings is 2. The molecule has 0 radical (unpaired) electrons. The number of nitrogens with one attached hydrogen (secondary N) is 2. The molecular weight excluding hydrogens is 430 g/mol. The van der Waals surface area contributed by atoms with Gasteiger partial charge in [-0.25, -0.2) is 0 Å². The molecule has 3 rings (SSSR count). The maximum Gasteiger partial charge on any atom is 0.191 e. The lowest BCUT2D eigenvalue weighted by molar-refractivity contribution is 0.00708. The molecule has 1 aliphatic rings. The van der Waals surface area contributed by atoms with Gasteiger partial charge in [-0.15, -0.1) is 0 Å². The maximum atomic E-state index is 5.91. The number of thiocarbonyl (C=S) groups is 1. The third kappa shape index (κ3) is 8.43. The molecule has 0 saturated heterocycles. The van der Waals surface area contributed by atoms with Crippen molar-refractivity contribution >= 4 is 28.7 Å². The fourth-order valence-electron chi connectivity index (χ4n) is 2.81. The molecular formula is C23H29N3O5S. The Morgan fingerprint density at radius 1 is 0.781 bits per heavy atom. The summed E-state index contributed by atoms with van der Waals surface area (Å²) in [5.74, 6) is 1.27. The summed E-state index contributed by atoms with van der Waals surface area (Å²) in [6.45, 7) is 5.74. The van der Waals surface area contributed by atoms with Gasteiger partial charge in [-0.3, -0.25) is 5.43 Å². The van der Waals surface area contributed by atoms with Gasteiger partial charge in [0.1, 0.15) is 13.2 Å². The zero-order valence-electron chi connectivity index (χ0n) is 18.2. The molecule has 0 fully saturated rings. The SMILES string of the molecule is C/C(=N\NC(=S)Nc1ccccc1)c1ccc2c(c1)OCCOCCOCCOCCO2. The molecule has 0 bridgehead atoms. The molecule has 9 heteroatoms. The number of para-hydroxylation sites is 1. The first-order valence-corrected chi connectivity index (χ1v) is 10.9. The standard InChI is InChI=1S/C23H29N3O5S/c1-18(25-26-23(32)24-20-5-3-2-4-6-20)19-7-8-21-22(17-19)31-16-14-29-12-10-27-9-11-28-13-15-30-21/h2-8,17H,9-16H2,1H3,(H2,24,26,32)/b25-18+. The molecule has 32 heavy (non-hydrogen) atoms. The summed E-state index contributed by atoms with van der Waals surface area (Å²) in [5, 5.41) is 7.88. The van der Waals surface area contributed by atoms with Gasteiger partial charge < -0.3 is 29.0 Å². The van der Waals surface area contributed by atoms with Gasteiger partial charge in [-0.05, 0) is 49.5 Å². The van der Waals surface area contributed by atoms with Gasteiger partial charge >= 0.3 is 0 Å². The fourth-order valence-corrected chi connectivity index (χ4v) is 2.97. The van der Waals surface area contributed by atoms with Crippen LogP contribution in [0.4, 0.5) is 5.69 Å². The van der Waals surface area contributed by atoms with Crippen LogP contribution in [0.2, 0.25) is 0 Å². The van der Waals surface area contributed by atoms with Crippen molar-refractivity contribution in [3.63, 3.8) is 0 Å². The van der Waals surface area contributed by atoms with E-state index in [4.69, 9.17) is 35.9 Å². The van der Waals surface area contributed by atoms with Crippen molar-refractivity contribution in [2.75, 3.05) is 58.2 Å². The number of ether oxygens (including phenoxy) is 5. The molecule has 0 amide bonds. The van der Waals surface area contributed by atoms with Crippen molar-refractivity contribution in [1.82, 2.24) is 5.43 Å². The Bertz CT molecular complexity index is 879. The Kier molecular flexibility index (Phi) is 10.2. The molecule has 1 heterocycles. The lowest BCUT2D eigenvalue weighted by Gasteiger charge is -2.14. The molecule has 0 aromatic heterocycles. The number of hydrazone groups is 1. The van der Waals surface area contributed by atoms with Gasteiger partial charge in [0.2, 0.25) is 0 Å². The number of rotatable bonds is 3. The first-order valence-electron chi connectivity index (χ1n) is 10.5.